The lowest BCUT2D eigenvalue weighted by Crippen LogP contribution is -2.48. The Bertz CT molecular complexity index is 111. The molecular weight excluding hydrogens is 160 g/mol. The lowest BCUT2D eigenvalue weighted by atomic mass is 9.99. The first-order valence-electron chi connectivity index (χ1n) is 5.46. The van der Waals surface area contributed by atoms with Crippen LogP contribution in [0.3, 0.4) is 0 Å². The van der Waals surface area contributed by atoms with Crippen LogP contribution in [0.2, 0.25) is 0 Å². The van der Waals surface area contributed by atoms with Gasteiger partial charge in [0, 0.05) is 18.1 Å². The van der Waals surface area contributed by atoms with E-state index >= 15 is 0 Å². The van der Waals surface area contributed by atoms with Crippen LogP contribution in [-0.2, 0) is 0 Å². The normalized spacial score (nSPS) is 20.8. The van der Waals surface area contributed by atoms with E-state index in [0.29, 0.717) is 18.1 Å². The molecule has 0 aliphatic rings. The second-order valence-electron chi connectivity index (χ2n) is 4.21. The number of hydrogen-bond donors (Lipinski definition) is 2. The van der Waals surface area contributed by atoms with Gasteiger partial charge < -0.3 is 10.6 Å². The SMILES string of the molecule is CCC(C)C(C)NC(C)C(C)NC. The van der Waals surface area contributed by atoms with Crippen LogP contribution >= 0.6 is 0 Å². The zero-order valence-electron chi connectivity index (χ0n) is 10.0. The molecule has 2 heteroatoms. The molecule has 0 amide bonds. The van der Waals surface area contributed by atoms with Crippen molar-refractivity contribution in [3.63, 3.8) is 0 Å². The molecule has 80 valence electrons. The molecule has 0 aromatic carbocycles. The molecule has 0 rings (SSSR count). The van der Waals surface area contributed by atoms with Gasteiger partial charge >= 0.3 is 0 Å². The van der Waals surface area contributed by atoms with E-state index in [-0.39, 0.29) is 0 Å². The Labute approximate surface area is 83.5 Å². The van der Waals surface area contributed by atoms with E-state index in [0.717, 1.165) is 5.92 Å². The van der Waals surface area contributed by atoms with E-state index < -0.39 is 0 Å². The highest BCUT2D eigenvalue weighted by Gasteiger charge is 2.15. The first-order valence-corrected chi connectivity index (χ1v) is 5.46. The monoisotopic (exact) mass is 186 g/mol. The van der Waals surface area contributed by atoms with Crippen molar-refractivity contribution in [1.82, 2.24) is 10.6 Å². The quantitative estimate of drug-likeness (QED) is 0.663. The van der Waals surface area contributed by atoms with Gasteiger partial charge in [0.05, 0.1) is 0 Å². The Kier molecular flexibility index (Phi) is 6.35. The summed E-state index contributed by atoms with van der Waals surface area (Å²) in [4.78, 5) is 0. The molecule has 0 aliphatic heterocycles. The fourth-order valence-electron chi connectivity index (χ4n) is 1.33. The molecule has 0 spiro atoms. The highest BCUT2D eigenvalue weighted by molar-refractivity contribution is 4.78. The summed E-state index contributed by atoms with van der Waals surface area (Å²) >= 11 is 0. The van der Waals surface area contributed by atoms with Gasteiger partial charge in [-0.05, 0) is 33.7 Å². The van der Waals surface area contributed by atoms with Crippen LogP contribution in [0, 0.1) is 5.92 Å². The maximum Gasteiger partial charge on any atom is 0.0192 e. The summed E-state index contributed by atoms with van der Waals surface area (Å²) < 4.78 is 0. The highest BCUT2D eigenvalue weighted by atomic mass is 15.0. The Hall–Kier alpha value is -0.0800. The number of hydrogen-bond acceptors (Lipinski definition) is 2. The minimum absolute atomic E-state index is 0.534. The van der Waals surface area contributed by atoms with Crippen molar-refractivity contribution in [2.75, 3.05) is 7.05 Å². The van der Waals surface area contributed by atoms with Gasteiger partial charge in [-0.15, -0.1) is 0 Å². The Morgan fingerprint density at radius 1 is 0.923 bits per heavy atom. The standard InChI is InChI=1S/C11H26N2/c1-7-8(2)9(3)13-11(5)10(4)12-6/h8-13H,7H2,1-6H3. The number of nitrogens with one attached hydrogen (secondary N) is 2. The molecule has 2 N–H and O–H groups in total. The molecule has 0 aliphatic carbocycles. The van der Waals surface area contributed by atoms with Crippen LogP contribution in [0.1, 0.15) is 41.0 Å². The van der Waals surface area contributed by atoms with Crippen LogP contribution in [-0.4, -0.2) is 25.2 Å². The van der Waals surface area contributed by atoms with E-state index in [9.17, 15) is 0 Å². The summed E-state index contributed by atoms with van der Waals surface area (Å²) in [6, 6.07) is 1.68. The summed E-state index contributed by atoms with van der Waals surface area (Å²) in [6.45, 7) is 11.3. The third kappa shape index (κ3) is 4.63. The van der Waals surface area contributed by atoms with Gasteiger partial charge in [-0.3, -0.25) is 0 Å². The molecular formula is C11H26N2. The maximum absolute atomic E-state index is 3.62. The van der Waals surface area contributed by atoms with Crippen molar-refractivity contribution >= 4 is 0 Å². The molecule has 4 atom stereocenters. The topological polar surface area (TPSA) is 24.1 Å². The van der Waals surface area contributed by atoms with E-state index in [2.05, 4.69) is 45.3 Å². The maximum atomic E-state index is 3.62. The molecule has 2 nitrogen and oxygen atoms in total. The van der Waals surface area contributed by atoms with Crippen LogP contribution in [0.5, 0.6) is 0 Å². The molecule has 13 heavy (non-hydrogen) atoms. The summed E-state index contributed by atoms with van der Waals surface area (Å²) in [6.07, 6.45) is 1.24. The Morgan fingerprint density at radius 3 is 1.85 bits per heavy atom. The first kappa shape index (κ1) is 12.9. The van der Waals surface area contributed by atoms with Crippen molar-refractivity contribution < 1.29 is 0 Å². The van der Waals surface area contributed by atoms with Crippen molar-refractivity contribution in [2.24, 2.45) is 5.92 Å². The third-order valence-corrected chi connectivity index (χ3v) is 3.23. The predicted octanol–water partition coefficient (Wildman–Crippen LogP) is 2.01. The molecule has 0 heterocycles. The van der Waals surface area contributed by atoms with Gasteiger partial charge in [-0.1, -0.05) is 20.3 Å². The zero-order valence-corrected chi connectivity index (χ0v) is 10.0. The van der Waals surface area contributed by atoms with Crippen molar-refractivity contribution in [3.8, 4) is 0 Å². The second kappa shape index (κ2) is 6.39. The van der Waals surface area contributed by atoms with Gasteiger partial charge in [-0.2, -0.15) is 0 Å². The van der Waals surface area contributed by atoms with Crippen LogP contribution in [0.25, 0.3) is 0 Å². The second-order valence-corrected chi connectivity index (χ2v) is 4.21. The number of likely N-dealkylation sites (N-methyl/N-ethyl adjacent to an activating group) is 1. The molecule has 0 saturated carbocycles. The lowest BCUT2D eigenvalue weighted by Gasteiger charge is -2.28. The molecule has 4 unspecified atom stereocenters. The van der Waals surface area contributed by atoms with Gasteiger partial charge in [-0.25, -0.2) is 0 Å². The number of rotatable bonds is 6. The highest BCUT2D eigenvalue weighted by Crippen LogP contribution is 2.08. The summed E-state index contributed by atoms with van der Waals surface area (Å²) in [5.74, 6) is 0.756. The average Bonchev–Trinajstić information content (AvgIpc) is 2.14. The van der Waals surface area contributed by atoms with Gasteiger partial charge in [0.15, 0.2) is 0 Å². The third-order valence-electron chi connectivity index (χ3n) is 3.23. The van der Waals surface area contributed by atoms with Crippen LogP contribution in [0.4, 0.5) is 0 Å². The molecule has 0 bridgehead atoms. The van der Waals surface area contributed by atoms with Crippen molar-refractivity contribution in [1.29, 1.82) is 0 Å². The Morgan fingerprint density at radius 2 is 1.46 bits per heavy atom. The molecule has 0 aromatic heterocycles. The molecule has 0 radical (unpaired) electrons. The van der Waals surface area contributed by atoms with E-state index in [1.807, 2.05) is 7.05 Å². The smallest absolute Gasteiger partial charge is 0.0192 e. The predicted molar refractivity (Wildman–Crippen MR) is 60.0 cm³/mol. The van der Waals surface area contributed by atoms with Gasteiger partial charge in [0.2, 0.25) is 0 Å². The minimum Gasteiger partial charge on any atom is -0.316 e. The lowest BCUT2D eigenvalue weighted by molar-refractivity contribution is 0.324. The molecule has 0 aromatic rings. The van der Waals surface area contributed by atoms with E-state index in [1.165, 1.54) is 6.42 Å². The largest absolute Gasteiger partial charge is 0.316 e. The summed E-state index contributed by atoms with van der Waals surface area (Å²) in [5, 5.41) is 6.88. The summed E-state index contributed by atoms with van der Waals surface area (Å²) in [5.41, 5.74) is 0. The molecule has 0 saturated heterocycles. The van der Waals surface area contributed by atoms with Crippen molar-refractivity contribution in [3.05, 3.63) is 0 Å². The average molecular weight is 186 g/mol. The Balaban J connectivity index is 3.83. The fraction of sp³-hybridized carbons (Fsp3) is 1.00. The van der Waals surface area contributed by atoms with Gasteiger partial charge in [0.1, 0.15) is 0 Å². The zero-order chi connectivity index (χ0) is 10.4. The summed E-state index contributed by atoms with van der Waals surface area (Å²) in [7, 11) is 2.01. The van der Waals surface area contributed by atoms with Gasteiger partial charge in [0.25, 0.3) is 0 Å². The molecule has 0 fully saturated rings. The van der Waals surface area contributed by atoms with Crippen molar-refractivity contribution in [2.45, 2.75) is 59.2 Å². The van der Waals surface area contributed by atoms with Crippen LogP contribution < -0.4 is 10.6 Å². The fourth-order valence-corrected chi connectivity index (χ4v) is 1.33. The van der Waals surface area contributed by atoms with E-state index in [1.54, 1.807) is 0 Å². The van der Waals surface area contributed by atoms with E-state index in [4.69, 9.17) is 0 Å². The first-order chi connectivity index (χ1) is 6.02. The minimum atomic E-state index is 0.534. The van der Waals surface area contributed by atoms with Crippen LogP contribution in [0.15, 0.2) is 0 Å².